The van der Waals surface area contributed by atoms with Gasteiger partial charge >= 0.3 is 0 Å². The zero-order chi connectivity index (χ0) is 21.5. The van der Waals surface area contributed by atoms with Crippen molar-refractivity contribution in [1.82, 2.24) is 15.1 Å². The monoisotopic (exact) mass is 408 g/mol. The van der Waals surface area contributed by atoms with E-state index in [1.807, 2.05) is 34.1 Å². The third kappa shape index (κ3) is 5.45. The average molecular weight is 409 g/mol. The Morgan fingerprint density at radius 1 is 0.867 bits per heavy atom. The first-order valence-corrected chi connectivity index (χ1v) is 10.2. The third-order valence-corrected chi connectivity index (χ3v) is 5.29. The molecule has 1 aliphatic rings. The number of hydrogen-bond donors (Lipinski definition) is 2. The quantitative estimate of drug-likeness (QED) is 0.766. The second-order valence-corrected chi connectivity index (χ2v) is 7.32. The molecule has 2 N–H and O–H groups in total. The minimum absolute atomic E-state index is 0.0398. The van der Waals surface area contributed by atoms with Gasteiger partial charge in [-0.15, -0.1) is 0 Å². The molecular formula is C23H28N4O3. The first-order chi connectivity index (χ1) is 14.5. The molecule has 1 heterocycles. The molecule has 0 aromatic heterocycles. The molecule has 0 spiro atoms. The van der Waals surface area contributed by atoms with E-state index in [1.54, 1.807) is 31.3 Å². The number of nitrogens with one attached hydrogen (secondary N) is 2. The van der Waals surface area contributed by atoms with Crippen LogP contribution in [0.2, 0.25) is 0 Å². The maximum Gasteiger partial charge on any atom is 0.253 e. The van der Waals surface area contributed by atoms with Crippen molar-refractivity contribution in [3.63, 3.8) is 0 Å². The molecule has 1 saturated heterocycles. The van der Waals surface area contributed by atoms with Gasteiger partial charge in [-0.3, -0.25) is 19.3 Å². The van der Waals surface area contributed by atoms with Gasteiger partial charge in [0, 0.05) is 50.0 Å². The molecule has 1 fully saturated rings. The number of aryl methyl sites for hydroxylation is 1. The largest absolute Gasteiger partial charge is 0.355 e. The molecule has 0 saturated carbocycles. The molecule has 3 rings (SSSR count). The van der Waals surface area contributed by atoms with Gasteiger partial charge in [0.15, 0.2) is 0 Å². The Bertz CT molecular complexity index is 886. The minimum atomic E-state index is -0.165. The molecule has 2 aromatic rings. The molecule has 0 unspecified atom stereocenters. The number of amides is 3. The maximum absolute atomic E-state index is 12.7. The number of hydrogen-bond acceptors (Lipinski definition) is 4. The maximum atomic E-state index is 12.7. The van der Waals surface area contributed by atoms with Gasteiger partial charge in [-0.2, -0.15) is 0 Å². The van der Waals surface area contributed by atoms with Crippen molar-refractivity contribution >= 4 is 23.4 Å². The molecule has 2 aromatic carbocycles. The fourth-order valence-corrected chi connectivity index (χ4v) is 3.43. The van der Waals surface area contributed by atoms with Crippen LogP contribution in [0.5, 0.6) is 0 Å². The first-order valence-electron chi connectivity index (χ1n) is 10.2. The van der Waals surface area contributed by atoms with Gasteiger partial charge in [0.05, 0.1) is 6.54 Å². The van der Waals surface area contributed by atoms with Crippen LogP contribution < -0.4 is 10.6 Å². The second-order valence-electron chi connectivity index (χ2n) is 7.32. The SMILES string of the molecule is CCc1ccc(C(=O)N2CCN(CC(=O)Nc3ccc(C(=O)NC)cc3)CC2)cc1. The molecule has 0 bridgehead atoms. The van der Waals surface area contributed by atoms with Gasteiger partial charge in [0.25, 0.3) is 11.8 Å². The smallest absolute Gasteiger partial charge is 0.253 e. The zero-order valence-corrected chi connectivity index (χ0v) is 17.5. The number of anilines is 1. The molecule has 7 nitrogen and oxygen atoms in total. The van der Waals surface area contributed by atoms with E-state index in [1.165, 1.54) is 5.56 Å². The van der Waals surface area contributed by atoms with E-state index < -0.39 is 0 Å². The summed E-state index contributed by atoms with van der Waals surface area (Å²) in [7, 11) is 1.58. The molecule has 7 heteroatoms. The molecular weight excluding hydrogens is 380 g/mol. The summed E-state index contributed by atoms with van der Waals surface area (Å²) in [6, 6.07) is 14.5. The van der Waals surface area contributed by atoms with E-state index >= 15 is 0 Å². The van der Waals surface area contributed by atoms with Crippen molar-refractivity contribution in [1.29, 1.82) is 0 Å². The van der Waals surface area contributed by atoms with Crippen LogP contribution >= 0.6 is 0 Å². The molecule has 30 heavy (non-hydrogen) atoms. The van der Waals surface area contributed by atoms with E-state index in [0.717, 1.165) is 6.42 Å². The Balaban J connectivity index is 1.46. The van der Waals surface area contributed by atoms with Gasteiger partial charge in [0.1, 0.15) is 0 Å². The van der Waals surface area contributed by atoms with Crippen LogP contribution in [0.4, 0.5) is 5.69 Å². The van der Waals surface area contributed by atoms with Crippen LogP contribution in [-0.2, 0) is 11.2 Å². The van der Waals surface area contributed by atoms with Gasteiger partial charge in [0.2, 0.25) is 5.91 Å². The lowest BCUT2D eigenvalue weighted by molar-refractivity contribution is -0.117. The number of carbonyl (C=O) groups is 3. The van der Waals surface area contributed by atoms with Crippen molar-refractivity contribution in [3.8, 4) is 0 Å². The predicted molar refractivity (Wildman–Crippen MR) is 117 cm³/mol. The highest BCUT2D eigenvalue weighted by Crippen LogP contribution is 2.12. The van der Waals surface area contributed by atoms with Crippen LogP contribution in [0.25, 0.3) is 0 Å². The number of nitrogens with zero attached hydrogens (tertiary/aromatic N) is 2. The number of piperazine rings is 1. The van der Waals surface area contributed by atoms with E-state index in [4.69, 9.17) is 0 Å². The fraction of sp³-hybridized carbons (Fsp3) is 0.348. The average Bonchev–Trinajstić information content (AvgIpc) is 2.79. The van der Waals surface area contributed by atoms with Crippen molar-refractivity contribution in [2.75, 3.05) is 45.1 Å². The highest BCUT2D eigenvalue weighted by Gasteiger charge is 2.23. The molecule has 3 amide bonds. The summed E-state index contributed by atoms with van der Waals surface area (Å²) in [6.45, 7) is 4.87. The van der Waals surface area contributed by atoms with Crippen LogP contribution in [0.15, 0.2) is 48.5 Å². The Hall–Kier alpha value is -3.19. The van der Waals surface area contributed by atoms with Crippen molar-refractivity contribution in [2.45, 2.75) is 13.3 Å². The van der Waals surface area contributed by atoms with E-state index in [2.05, 4.69) is 17.6 Å². The van der Waals surface area contributed by atoms with Crippen LogP contribution in [0.1, 0.15) is 33.2 Å². The Morgan fingerprint density at radius 3 is 2.03 bits per heavy atom. The van der Waals surface area contributed by atoms with Gasteiger partial charge in [-0.25, -0.2) is 0 Å². The zero-order valence-electron chi connectivity index (χ0n) is 17.5. The first kappa shape index (κ1) is 21.5. The lowest BCUT2D eigenvalue weighted by Crippen LogP contribution is -2.50. The minimum Gasteiger partial charge on any atom is -0.355 e. The van der Waals surface area contributed by atoms with E-state index in [0.29, 0.717) is 43.0 Å². The molecule has 1 aliphatic heterocycles. The lowest BCUT2D eigenvalue weighted by Gasteiger charge is -2.34. The Labute approximate surface area is 177 Å². The van der Waals surface area contributed by atoms with Crippen molar-refractivity contribution in [2.24, 2.45) is 0 Å². The summed E-state index contributed by atoms with van der Waals surface area (Å²) < 4.78 is 0. The summed E-state index contributed by atoms with van der Waals surface area (Å²) >= 11 is 0. The summed E-state index contributed by atoms with van der Waals surface area (Å²) in [5.74, 6) is -0.239. The summed E-state index contributed by atoms with van der Waals surface area (Å²) in [6.07, 6.45) is 0.952. The number of carbonyl (C=O) groups excluding carboxylic acids is 3. The van der Waals surface area contributed by atoms with E-state index in [9.17, 15) is 14.4 Å². The van der Waals surface area contributed by atoms with Gasteiger partial charge < -0.3 is 15.5 Å². The number of rotatable bonds is 6. The second kappa shape index (κ2) is 10.0. The van der Waals surface area contributed by atoms with Crippen LogP contribution in [0.3, 0.4) is 0 Å². The summed E-state index contributed by atoms with van der Waals surface area (Å²) in [5.41, 5.74) is 3.11. The van der Waals surface area contributed by atoms with Crippen molar-refractivity contribution < 1.29 is 14.4 Å². The van der Waals surface area contributed by atoms with Gasteiger partial charge in [-0.05, 0) is 48.4 Å². The predicted octanol–water partition coefficient (Wildman–Crippen LogP) is 2.01. The van der Waals surface area contributed by atoms with Gasteiger partial charge in [-0.1, -0.05) is 19.1 Å². The topological polar surface area (TPSA) is 81.8 Å². The normalized spacial score (nSPS) is 14.3. The summed E-state index contributed by atoms with van der Waals surface area (Å²) in [4.78, 5) is 40.5. The fourth-order valence-electron chi connectivity index (χ4n) is 3.43. The third-order valence-electron chi connectivity index (χ3n) is 5.29. The Morgan fingerprint density at radius 2 is 1.47 bits per heavy atom. The summed E-state index contributed by atoms with van der Waals surface area (Å²) in [5, 5.41) is 5.41. The Kier molecular flexibility index (Phi) is 7.19. The molecule has 0 radical (unpaired) electrons. The van der Waals surface area contributed by atoms with Crippen molar-refractivity contribution in [3.05, 3.63) is 65.2 Å². The highest BCUT2D eigenvalue weighted by atomic mass is 16.2. The standard InChI is InChI=1S/C23H28N4O3/c1-3-17-4-6-19(7-5-17)23(30)27-14-12-26(13-15-27)16-21(28)25-20-10-8-18(9-11-20)22(29)24-2/h4-11H,3,12-16H2,1-2H3,(H,24,29)(H,25,28). The van der Waals surface area contributed by atoms with Crippen LogP contribution in [0, 0.1) is 0 Å². The van der Waals surface area contributed by atoms with E-state index in [-0.39, 0.29) is 24.3 Å². The molecule has 158 valence electrons. The molecule has 0 atom stereocenters. The number of benzene rings is 2. The lowest BCUT2D eigenvalue weighted by atomic mass is 10.1. The highest BCUT2D eigenvalue weighted by molar-refractivity contribution is 5.96. The van der Waals surface area contributed by atoms with Crippen LogP contribution in [-0.4, -0.2) is 67.3 Å². The molecule has 0 aliphatic carbocycles.